The second-order valence-electron chi connectivity index (χ2n) is 9.89. The monoisotopic (exact) mass is 459 g/mol. The largest absolute Gasteiger partial charge is 0.338 e. The van der Waals surface area contributed by atoms with Crippen molar-refractivity contribution in [3.8, 4) is 0 Å². The first-order chi connectivity index (χ1) is 15.2. The predicted octanol–water partition coefficient (Wildman–Crippen LogP) is 3.47. The molecular weight excluding hydrogens is 429 g/mol. The van der Waals surface area contributed by atoms with Crippen molar-refractivity contribution in [2.75, 3.05) is 19.6 Å². The van der Waals surface area contributed by atoms with Gasteiger partial charge in [-0.25, -0.2) is 14.4 Å². The summed E-state index contributed by atoms with van der Waals surface area (Å²) in [5, 5.41) is 2.97. The van der Waals surface area contributed by atoms with Crippen molar-refractivity contribution in [3.63, 3.8) is 0 Å². The highest BCUT2D eigenvalue weighted by atomic mass is 32.1. The lowest BCUT2D eigenvalue weighted by atomic mass is 9.75. The first-order valence-electron chi connectivity index (χ1n) is 11.4. The van der Waals surface area contributed by atoms with E-state index in [0.29, 0.717) is 26.1 Å². The minimum atomic E-state index is -1.76. The van der Waals surface area contributed by atoms with Crippen molar-refractivity contribution in [2.24, 2.45) is 5.41 Å². The van der Waals surface area contributed by atoms with Gasteiger partial charge in [0.25, 0.3) is 5.91 Å². The number of rotatable bonds is 5. The number of hydrogen-bond acceptors (Lipinski definition) is 5. The molecule has 1 saturated carbocycles. The molecule has 5 rings (SSSR count). The molecule has 0 bridgehead atoms. The fourth-order valence-corrected chi connectivity index (χ4v) is 6.00. The van der Waals surface area contributed by atoms with Gasteiger partial charge in [0.05, 0.1) is 34.7 Å². The number of imidazole rings is 1. The van der Waals surface area contributed by atoms with Gasteiger partial charge in [-0.1, -0.05) is 0 Å². The zero-order valence-electron chi connectivity index (χ0n) is 18.9. The summed E-state index contributed by atoms with van der Waals surface area (Å²) in [4.78, 5) is 39.4. The average molecular weight is 460 g/mol. The van der Waals surface area contributed by atoms with E-state index in [0.717, 1.165) is 22.8 Å². The molecule has 172 valence electrons. The SMILES string of the molecule is Cc1nc(CN2CC[C@]3(CN(C(=O)C4(F)CCC4)C[C@@H]3c3cn(C(C)C)cn3)C2=O)cs1. The van der Waals surface area contributed by atoms with Gasteiger partial charge in [0.2, 0.25) is 5.91 Å². The van der Waals surface area contributed by atoms with Crippen LogP contribution < -0.4 is 0 Å². The molecule has 0 radical (unpaired) electrons. The molecule has 3 fully saturated rings. The Morgan fingerprint density at radius 1 is 1.34 bits per heavy atom. The van der Waals surface area contributed by atoms with Crippen LogP contribution in [0.25, 0.3) is 0 Å². The lowest BCUT2D eigenvalue weighted by Crippen LogP contribution is -2.50. The minimum Gasteiger partial charge on any atom is -0.338 e. The molecular formula is C23H30FN5O2S. The van der Waals surface area contributed by atoms with Gasteiger partial charge in [-0.3, -0.25) is 9.59 Å². The summed E-state index contributed by atoms with van der Waals surface area (Å²) >= 11 is 1.58. The number of carbonyl (C=O) groups is 2. The lowest BCUT2D eigenvalue weighted by molar-refractivity contribution is -0.149. The van der Waals surface area contributed by atoms with Gasteiger partial charge in [0.15, 0.2) is 5.67 Å². The van der Waals surface area contributed by atoms with E-state index in [1.807, 2.05) is 28.0 Å². The second-order valence-corrected chi connectivity index (χ2v) is 10.9. The Morgan fingerprint density at radius 3 is 2.72 bits per heavy atom. The van der Waals surface area contributed by atoms with E-state index < -0.39 is 17.0 Å². The van der Waals surface area contributed by atoms with E-state index in [-0.39, 0.29) is 37.3 Å². The molecule has 9 heteroatoms. The first-order valence-corrected chi connectivity index (χ1v) is 12.3. The number of aromatic nitrogens is 3. The van der Waals surface area contributed by atoms with Crippen molar-refractivity contribution >= 4 is 23.2 Å². The number of alkyl halides is 1. The predicted molar refractivity (Wildman–Crippen MR) is 119 cm³/mol. The maximum Gasteiger partial charge on any atom is 0.260 e. The maximum atomic E-state index is 15.0. The summed E-state index contributed by atoms with van der Waals surface area (Å²) in [6, 6.07) is 0.249. The Morgan fingerprint density at radius 2 is 2.12 bits per heavy atom. The topological polar surface area (TPSA) is 71.3 Å². The van der Waals surface area contributed by atoms with Crippen LogP contribution in [0.4, 0.5) is 4.39 Å². The van der Waals surface area contributed by atoms with Crippen LogP contribution in [0.2, 0.25) is 0 Å². The molecule has 2 saturated heterocycles. The Labute approximate surface area is 191 Å². The number of aryl methyl sites for hydroxylation is 1. The number of thiazole rings is 1. The fraction of sp³-hybridized carbons (Fsp3) is 0.652. The van der Waals surface area contributed by atoms with Gasteiger partial charge in [0.1, 0.15) is 0 Å². The van der Waals surface area contributed by atoms with E-state index in [1.165, 1.54) is 0 Å². The van der Waals surface area contributed by atoms with E-state index in [9.17, 15) is 9.59 Å². The number of carbonyl (C=O) groups excluding carboxylic acids is 2. The molecule has 2 aliphatic heterocycles. The van der Waals surface area contributed by atoms with E-state index in [4.69, 9.17) is 0 Å². The Balaban J connectivity index is 1.45. The Bertz CT molecular complexity index is 1040. The van der Waals surface area contributed by atoms with Gasteiger partial charge in [-0.05, 0) is 46.5 Å². The van der Waals surface area contributed by atoms with Crippen LogP contribution in [0.5, 0.6) is 0 Å². The second kappa shape index (κ2) is 7.64. The highest BCUT2D eigenvalue weighted by Gasteiger charge is 2.60. The summed E-state index contributed by atoms with van der Waals surface area (Å²) < 4.78 is 17.0. The first kappa shape index (κ1) is 21.6. The smallest absolute Gasteiger partial charge is 0.260 e. The minimum absolute atomic E-state index is 0.0315. The van der Waals surface area contributed by atoms with Crippen molar-refractivity contribution in [1.29, 1.82) is 0 Å². The van der Waals surface area contributed by atoms with Crippen molar-refractivity contribution < 1.29 is 14.0 Å². The third-order valence-electron chi connectivity index (χ3n) is 7.49. The molecule has 7 nitrogen and oxygen atoms in total. The standard InChI is InChI=1S/C23H30FN5O2S/c1-15(2)29-11-19(25-14-29)18-10-28(21(31)23(24)5-4-6-23)13-22(18)7-8-27(20(22)30)9-17-12-32-16(3)26-17/h11-12,14-15,18H,4-10,13H2,1-3H3/t18-,22-/m1/s1. The molecule has 0 unspecified atom stereocenters. The molecule has 1 spiro atoms. The number of nitrogens with zero attached hydrogens (tertiary/aromatic N) is 5. The third-order valence-corrected chi connectivity index (χ3v) is 8.32. The van der Waals surface area contributed by atoms with E-state index >= 15 is 4.39 Å². The molecule has 3 aliphatic rings. The quantitative estimate of drug-likeness (QED) is 0.687. The van der Waals surface area contributed by atoms with Gasteiger partial charge in [-0.2, -0.15) is 0 Å². The number of amides is 2. The summed E-state index contributed by atoms with van der Waals surface area (Å²) in [7, 11) is 0. The Hall–Kier alpha value is -2.29. The molecule has 2 aromatic rings. The fourth-order valence-electron chi connectivity index (χ4n) is 5.40. The van der Waals surface area contributed by atoms with Crippen LogP contribution in [0.1, 0.15) is 67.9 Å². The van der Waals surface area contributed by atoms with Crippen LogP contribution in [0.15, 0.2) is 17.9 Å². The van der Waals surface area contributed by atoms with Crippen molar-refractivity contribution in [2.45, 2.75) is 70.6 Å². The lowest BCUT2D eigenvalue weighted by Gasteiger charge is -2.35. The summed E-state index contributed by atoms with van der Waals surface area (Å²) in [6.45, 7) is 7.80. The number of hydrogen-bond donors (Lipinski definition) is 0. The normalized spacial score (nSPS) is 27.0. The van der Waals surface area contributed by atoms with Crippen molar-refractivity contribution in [3.05, 3.63) is 34.3 Å². The molecule has 0 aromatic carbocycles. The number of likely N-dealkylation sites (tertiary alicyclic amines) is 2. The van der Waals surface area contributed by atoms with Crippen molar-refractivity contribution in [1.82, 2.24) is 24.3 Å². The zero-order chi connectivity index (χ0) is 22.7. The van der Waals surface area contributed by atoms with E-state index in [1.54, 1.807) is 22.6 Å². The van der Waals surface area contributed by atoms with Crippen LogP contribution in [0, 0.1) is 12.3 Å². The maximum absolute atomic E-state index is 15.0. The molecule has 4 heterocycles. The summed E-state index contributed by atoms with van der Waals surface area (Å²) in [5.74, 6) is -0.649. The number of halogens is 1. The Kier molecular flexibility index (Phi) is 5.15. The molecule has 2 amide bonds. The molecule has 1 aliphatic carbocycles. The average Bonchev–Trinajstić information content (AvgIpc) is 3.50. The van der Waals surface area contributed by atoms with Gasteiger partial charge in [-0.15, -0.1) is 11.3 Å². The molecule has 32 heavy (non-hydrogen) atoms. The van der Waals surface area contributed by atoms with Crippen LogP contribution in [-0.2, 0) is 16.1 Å². The molecule has 2 aromatic heterocycles. The zero-order valence-corrected chi connectivity index (χ0v) is 19.7. The summed E-state index contributed by atoms with van der Waals surface area (Å²) in [6.07, 6.45) is 5.71. The van der Waals surface area contributed by atoms with Gasteiger partial charge in [0, 0.05) is 43.2 Å². The molecule has 0 N–H and O–H groups in total. The molecule has 2 atom stereocenters. The highest BCUT2D eigenvalue weighted by molar-refractivity contribution is 7.09. The van der Waals surface area contributed by atoms with Crippen LogP contribution in [0.3, 0.4) is 0 Å². The van der Waals surface area contributed by atoms with E-state index in [2.05, 4.69) is 23.8 Å². The highest BCUT2D eigenvalue weighted by Crippen LogP contribution is 2.51. The van der Waals surface area contributed by atoms with Crippen LogP contribution >= 0.6 is 11.3 Å². The van der Waals surface area contributed by atoms with Gasteiger partial charge >= 0.3 is 0 Å². The summed E-state index contributed by atoms with van der Waals surface area (Å²) in [5.41, 5.74) is -0.805. The van der Waals surface area contributed by atoms with Gasteiger partial charge < -0.3 is 14.4 Å². The van der Waals surface area contributed by atoms with Crippen LogP contribution in [-0.4, -0.2) is 61.5 Å². The third kappa shape index (κ3) is 3.36.